The van der Waals surface area contributed by atoms with Crippen molar-refractivity contribution in [1.29, 1.82) is 5.26 Å². The van der Waals surface area contributed by atoms with Crippen molar-refractivity contribution in [3.8, 4) is 23.1 Å². The van der Waals surface area contributed by atoms with E-state index in [1.54, 1.807) is 30.3 Å². The van der Waals surface area contributed by atoms with Gasteiger partial charge in [0.15, 0.2) is 12.4 Å². The zero-order valence-electron chi connectivity index (χ0n) is 16.5. The molecule has 0 aliphatic rings. The molecule has 1 amide bonds. The van der Waals surface area contributed by atoms with Crippen molar-refractivity contribution in [3.05, 3.63) is 90.1 Å². The minimum atomic E-state index is -0.842. The number of furan rings is 1. The van der Waals surface area contributed by atoms with Gasteiger partial charge in [-0.15, -0.1) is 0 Å². The van der Waals surface area contributed by atoms with Gasteiger partial charge in [-0.25, -0.2) is 13.9 Å². The SMILES string of the molecule is N#Cc1cnn(-c2ccccc2)c1NC(=O)COC(=O)c1ccc(-c2ccc(F)cc2)o1. The predicted molar refractivity (Wildman–Crippen MR) is 111 cm³/mol. The summed E-state index contributed by atoms with van der Waals surface area (Å²) in [6.07, 6.45) is 1.33. The summed E-state index contributed by atoms with van der Waals surface area (Å²) >= 11 is 0. The van der Waals surface area contributed by atoms with E-state index in [9.17, 15) is 19.2 Å². The lowest BCUT2D eigenvalue weighted by molar-refractivity contribution is -0.119. The molecule has 0 fully saturated rings. The molecule has 0 saturated heterocycles. The second-order valence-electron chi connectivity index (χ2n) is 6.56. The van der Waals surface area contributed by atoms with Crippen LogP contribution in [-0.2, 0) is 9.53 Å². The average Bonchev–Trinajstić information content (AvgIpc) is 3.46. The van der Waals surface area contributed by atoms with Gasteiger partial charge in [0.25, 0.3) is 5.91 Å². The number of anilines is 1. The van der Waals surface area contributed by atoms with Gasteiger partial charge in [-0.3, -0.25) is 4.79 Å². The third-order valence-electron chi connectivity index (χ3n) is 4.42. The Morgan fingerprint density at radius 1 is 1.09 bits per heavy atom. The highest BCUT2D eigenvalue weighted by molar-refractivity contribution is 5.95. The molecule has 9 heteroatoms. The Bertz CT molecular complexity index is 1300. The Balaban J connectivity index is 1.41. The number of carbonyl (C=O) groups excluding carboxylic acids is 2. The largest absolute Gasteiger partial charge is 0.450 e. The fourth-order valence-electron chi connectivity index (χ4n) is 2.90. The molecule has 0 unspecified atom stereocenters. The molecule has 0 bridgehead atoms. The molecule has 0 aliphatic heterocycles. The fourth-order valence-corrected chi connectivity index (χ4v) is 2.90. The van der Waals surface area contributed by atoms with E-state index in [2.05, 4.69) is 10.4 Å². The Kier molecular flexibility index (Phi) is 5.76. The van der Waals surface area contributed by atoms with E-state index in [4.69, 9.17) is 9.15 Å². The Morgan fingerprint density at radius 3 is 2.56 bits per heavy atom. The first-order valence-electron chi connectivity index (χ1n) is 9.41. The third-order valence-corrected chi connectivity index (χ3v) is 4.42. The predicted octanol–water partition coefficient (Wildman–Crippen LogP) is 3.94. The third kappa shape index (κ3) is 4.39. The van der Waals surface area contributed by atoms with Crippen LogP contribution in [0.3, 0.4) is 0 Å². The second-order valence-corrected chi connectivity index (χ2v) is 6.56. The number of nitriles is 1. The zero-order chi connectivity index (χ0) is 22.5. The number of carbonyl (C=O) groups is 2. The topological polar surface area (TPSA) is 110 Å². The van der Waals surface area contributed by atoms with E-state index in [1.165, 1.54) is 41.2 Å². The number of nitrogens with one attached hydrogen (secondary N) is 1. The molecule has 0 radical (unpaired) electrons. The van der Waals surface area contributed by atoms with Crippen LogP contribution in [0.5, 0.6) is 0 Å². The molecule has 2 heterocycles. The van der Waals surface area contributed by atoms with Crippen molar-refractivity contribution >= 4 is 17.7 Å². The maximum absolute atomic E-state index is 13.1. The summed E-state index contributed by atoms with van der Waals surface area (Å²) in [4.78, 5) is 24.6. The maximum atomic E-state index is 13.1. The van der Waals surface area contributed by atoms with Crippen LogP contribution >= 0.6 is 0 Å². The first-order chi connectivity index (χ1) is 15.5. The van der Waals surface area contributed by atoms with E-state index >= 15 is 0 Å². The van der Waals surface area contributed by atoms with Crippen LogP contribution in [0.1, 0.15) is 16.1 Å². The maximum Gasteiger partial charge on any atom is 0.374 e. The molecule has 0 saturated carbocycles. The van der Waals surface area contributed by atoms with Gasteiger partial charge < -0.3 is 14.5 Å². The molecule has 4 rings (SSSR count). The van der Waals surface area contributed by atoms with Crippen LogP contribution in [0, 0.1) is 17.1 Å². The van der Waals surface area contributed by atoms with E-state index in [-0.39, 0.29) is 23.0 Å². The van der Waals surface area contributed by atoms with E-state index in [1.807, 2.05) is 12.1 Å². The van der Waals surface area contributed by atoms with E-state index < -0.39 is 18.5 Å². The van der Waals surface area contributed by atoms with Crippen molar-refractivity contribution in [2.45, 2.75) is 0 Å². The van der Waals surface area contributed by atoms with Gasteiger partial charge >= 0.3 is 5.97 Å². The highest BCUT2D eigenvalue weighted by Crippen LogP contribution is 2.23. The zero-order valence-corrected chi connectivity index (χ0v) is 16.5. The highest BCUT2D eigenvalue weighted by atomic mass is 19.1. The molecule has 1 N–H and O–H groups in total. The summed E-state index contributed by atoms with van der Waals surface area (Å²) in [5, 5.41) is 16.0. The first-order valence-corrected chi connectivity index (χ1v) is 9.41. The fraction of sp³-hybridized carbons (Fsp3) is 0.0435. The molecule has 0 atom stereocenters. The van der Waals surface area contributed by atoms with Gasteiger partial charge in [0, 0.05) is 5.56 Å². The lowest BCUT2D eigenvalue weighted by Gasteiger charge is -2.09. The number of hydrogen-bond donors (Lipinski definition) is 1. The first kappa shape index (κ1) is 20.6. The quantitative estimate of drug-likeness (QED) is 0.464. The molecule has 0 spiro atoms. The van der Waals surface area contributed by atoms with E-state index in [0.717, 1.165) is 0 Å². The standard InChI is InChI=1S/C23H15FN4O4/c24-17-8-6-15(7-9-17)19-10-11-20(32-19)23(30)31-14-21(29)27-22-16(12-25)13-26-28(22)18-4-2-1-3-5-18/h1-11,13H,14H2,(H,27,29). The summed E-state index contributed by atoms with van der Waals surface area (Å²) in [6.45, 7) is -0.601. The number of benzene rings is 2. The minimum Gasteiger partial charge on any atom is -0.450 e. The van der Waals surface area contributed by atoms with Crippen molar-refractivity contribution in [2.24, 2.45) is 0 Å². The summed E-state index contributed by atoms with van der Waals surface area (Å²) in [5.41, 5.74) is 1.38. The lowest BCUT2D eigenvalue weighted by Crippen LogP contribution is -2.22. The molecule has 0 aliphatic carbocycles. The smallest absolute Gasteiger partial charge is 0.374 e. The molecule has 4 aromatic rings. The van der Waals surface area contributed by atoms with Crippen molar-refractivity contribution < 1.29 is 23.1 Å². The number of esters is 1. The van der Waals surface area contributed by atoms with Gasteiger partial charge in [-0.1, -0.05) is 18.2 Å². The average molecular weight is 430 g/mol. The van der Waals surface area contributed by atoms with Crippen LogP contribution in [0.25, 0.3) is 17.0 Å². The van der Waals surface area contributed by atoms with Gasteiger partial charge in [-0.2, -0.15) is 10.4 Å². The van der Waals surface area contributed by atoms with Gasteiger partial charge in [-0.05, 0) is 48.5 Å². The minimum absolute atomic E-state index is 0.107. The van der Waals surface area contributed by atoms with Crippen LogP contribution in [0.4, 0.5) is 10.2 Å². The Morgan fingerprint density at radius 2 is 1.84 bits per heavy atom. The number of halogens is 1. The highest BCUT2D eigenvalue weighted by Gasteiger charge is 2.18. The lowest BCUT2D eigenvalue weighted by atomic mass is 10.2. The summed E-state index contributed by atoms with van der Waals surface area (Å²) < 4.78 is 24.9. The van der Waals surface area contributed by atoms with Crippen LogP contribution < -0.4 is 5.32 Å². The molecular weight excluding hydrogens is 415 g/mol. The number of ether oxygens (including phenoxy) is 1. The van der Waals surface area contributed by atoms with Crippen LogP contribution in [0.2, 0.25) is 0 Å². The normalized spacial score (nSPS) is 10.4. The second kappa shape index (κ2) is 8.97. The Hall–Kier alpha value is -4.71. The Labute approximate surface area is 181 Å². The number of amides is 1. The molecule has 158 valence electrons. The van der Waals surface area contributed by atoms with Gasteiger partial charge in [0.2, 0.25) is 5.76 Å². The molecule has 8 nitrogen and oxygen atoms in total. The van der Waals surface area contributed by atoms with Crippen LogP contribution in [-0.4, -0.2) is 28.3 Å². The van der Waals surface area contributed by atoms with Gasteiger partial charge in [0.05, 0.1) is 11.9 Å². The van der Waals surface area contributed by atoms with Crippen molar-refractivity contribution in [2.75, 3.05) is 11.9 Å². The number of rotatable bonds is 6. The van der Waals surface area contributed by atoms with Gasteiger partial charge in [0.1, 0.15) is 23.2 Å². The number of nitrogens with zero attached hydrogens (tertiary/aromatic N) is 3. The molecule has 32 heavy (non-hydrogen) atoms. The number of aromatic nitrogens is 2. The van der Waals surface area contributed by atoms with Crippen molar-refractivity contribution in [1.82, 2.24) is 9.78 Å². The number of para-hydroxylation sites is 1. The summed E-state index contributed by atoms with van der Waals surface area (Å²) in [7, 11) is 0. The number of hydrogen-bond acceptors (Lipinski definition) is 6. The molecule has 2 aromatic heterocycles. The molecular formula is C23H15FN4O4. The molecule has 2 aromatic carbocycles. The summed E-state index contributed by atoms with van der Waals surface area (Å²) in [5.74, 6) is -1.48. The van der Waals surface area contributed by atoms with Crippen molar-refractivity contribution in [3.63, 3.8) is 0 Å². The summed E-state index contributed by atoms with van der Waals surface area (Å²) in [6, 6.07) is 19.4. The van der Waals surface area contributed by atoms with Crippen LogP contribution in [0.15, 0.2) is 77.3 Å². The monoisotopic (exact) mass is 430 g/mol. The van der Waals surface area contributed by atoms with E-state index in [0.29, 0.717) is 17.0 Å².